The maximum absolute atomic E-state index is 12.8. The predicted octanol–water partition coefficient (Wildman–Crippen LogP) is 4.39. The summed E-state index contributed by atoms with van der Waals surface area (Å²) in [6, 6.07) is 10.2. The van der Waals surface area contributed by atoms with Gasteiger partial charge in [0.1, 0.15) is 5.60 Å². The number of carbonyl (C=O) groups is 2. The Morgan fingerprint density at radius 1 is 1.10 bits per heavy atom. The van der Waals surface area contributed by atoms with Gasteiger partial charge in [-0.3, -0.25) is 4.79 Å². The van der Waals surface area contributed by atoms with Crippen LogP contribution in [0.25, 0.3) is 0 Å². The van der Waals surface area contributed by atoms with Crippen molar-refractivity contribution in [3.05, 3.63) is 47.0 Å². The van der Waals surface area contributed by atoms with E-state index in [-0.39, 0.29) is 18.2 Å². The fourth-order valence-corrected chi connectivity index (χ4v) is 4.12. The monoisotopic (exact) mass is 430 g/mol. The predicted molar refractivity (Wildman–Crippen MR) is 113 cm³/mol. The molecule has 2 aromatic carbocycles. The number of anilines is 1. The highest BCUT2D eigenvalue weighted by Crippen LogP contribution is 2.47. The lowest BCUT2D eigenvalue weighted by Crippen LogP contribution is -2.53. The molecule has 1 saturated heterocycles. The first-order valence-corrected chi connectivity index (χ1v) is 10.1. The molecule has 0 radical (unpaired) electrons. The molecule has 0 unspecified atom stereocenters. The Labute approximate surface area is 179 Å². The van der Waals surface area contributed by atoms with Gasteiger partial charge in [0.2, 0.25) is 5.75 Å². The molecule has 1 spiro atoms. The summed E-state index contributed by atoms with van der Waals surface area (Å²) >= 11 is 5.89. The van der Waals surface area contributed by atoms with Crippen LogP contribution in [0.3, 0.4) is 0 Å². The number of halogens is 1. The lowest BCUT2D eigenvalue weighted by Gasteiger charge is -2.44. The van der Waals surface area contributed by atoms with Crippen LogP contribution >= 0.6 is 11.6 Å². The lowest BCUT2D eigenvalue weighted by molar-refractivity contribution is -0.00163. The summed E-state index contributed by atoms with van der Waals surface area (Å²) in [4.78, 5) is 27.2. The van der Waals surface area contributed by atoms with E-state index in [1.807, 2.05) is 0 Å². The van der Waals surface area contributed by atoms with Gasteiger partial charge >= 0.3 is 6.03 Å². The molecular formula is C22H23ClN2O5. The van der Waals surface area contributed by atoms with Crippen LogP contribution < -0.4 is 19.5 Å². The summed E-state index contributed by atoms with van der Waals surface area (Å²) in [6.07, 6.45) is 1.38. The highest BCUT2D eigenvalue weighted by molar-refractivity contribution is 6.30. The zero-order valence-electron chi connectivity index (χ0n) is 16.9. The van der Waals surface area contributed by atoms with Crippen LogP contribution in [0.2, 0.25) is 5.02 Å². The number of fused-ring (bicyclic) bond motifs is 1. The number of Topliss-reactive ketones (excluding diaryl/α,β-unsaturated/α-hetero) is 1. The Bertz CT molecular complexity index is 968. The minimum Gasteiger partial charge on any atom is -0.493 e. The maximum atomic E-state index is 12.8. The molecule has 0 aromatic heterocycles. The molecule has 0 saturated carbocycles. The zero-order valence-corrected chi connectivity index (χ0v) is 17.6. The Hall–Kier alpha value is -2.93. The number of benzene rings is 2. The fraction of sp³-hybridized carbons (Fsp3) is 0.364. The first kappa shape index (κ1) is 20.3. The second-order valence-electron chi connectivity index (χ2n) is 7.49. The number of nitrogens with one attached hydrogen (secondary N) is 1. The van der Waals surface area contributed by atoms with Crippen LogP contribution in [0.4, 0.5) is 10.5 Å². The van der Waals surface area contributed by atoms with Gasteiger partial charge in [0.05, 0.1) is 26.2 Å². The normalized spacial score (nSPS) is 17.2. The quantitative estimate of drug-likeness (QED) is 0.781. The van der Waals surface area contributed by atoms with E-state index in [0.717, 1.165) is 0 Å². The third-order valence-corrected chi connectivity index (χ3v) is 5.91. The van der Waals surface area contributed by atoms with E-state index in [0.29, 0.717) is 59.5 Å². The molecule has 2 aromatic rings. The minimum absolute atomic E-state index is 0.0104. The number of hydrogen-bond acceptors (Lipinski definition) is 5. The number of carbonyl (C=O) groups excluding carboxylic acids is 2. The van der Waals surface area contributed by atoms with Crippen molar-refractivity contribution in [2.45, 2.75) is 24.9 Å². The van der Waals surface area contributed by atoms with Crippen molar-refractivity contribution in [1.82, 2.24) is 4.90 Å². The maximum Gasteiger partial charge on any atom is 0.321 e. The van der Waals surface area contributed by atoms with Gasteiger partial charge in [0, 0.05) is 36.6 Å². The molecule has 1 N–H and O–H groups in total. The topological polar surface area (TPSA) is 77.1 Å². The average Bonchev–Trinajstić information content (AvgIpc) is 2.75. The molecule has 2 amide bonds. The largest absolute Gasteiger partial charge is 0.493 e. The van der Waals surface area contributed by atoms with Gasteiger partial charge < -0.3 is 24.4 Å². The van der Waals surface area contributed by atoms with E-state index in [1.54, 1.807) is 48.4 Å². The van der Waals surface area contributed by atoms with Crippen LogP contribution in [0, 0.1) is 0 Å². The van der Waals surface area contributed by atoms with Crippen LogP contribution in [-0.2, 0) is 0 Å². The van der Waals surface area contributed by atoms with Crippen molar-refractivity contribution in [2.75, 3.05) is 32.6 Å². The Balaban J connectivity index is 1.47. The number of amides is 2. The molecule has 0 aliphatic carbocycles. The van der Waals surface area contributed by atoms with E-state index in [9.17, 15) is 9.59 Å². The standard InChI is InChI=1S/C22H23ClN2O5/c1-28-18-8-7-16-17(26)13-22(30-19(16)20(18)29-2)9-11-25(12-10-22)21(27)24-15-5-3-14(23)4-6-15/h3-8H,9-13H2,1-2H3,(H,24,27). The number of urea groups is 1. The van der Waals surface area contributed by atoms with E-state index in [1.165, 1.54) is 7.11 Å². The molecule has 4 rings (SSSR count). The molecule has 2 aliphatic heterocycles. The number of piperidine rings is 1. The van der Waals surface area contributed by atoms with Crippen molar-refractivity contribution in [3.8, 4) is 17.2 Å². The van der Waals surface area contributed by atoms with E-state index < -0.39 is 5.60 Å². The molecule has 158 valence electrons. The lowest BCUT2D eigenvalue weighted by atomic mass is 9.82. The Morgan fingerprint density at radius 3 is 2.43 bits per heavy atom. The van der Waals surface area contributed by atoms with E-state index >= 15 is 0 Å². The number of rotatable bonds is 3. The summed E-state index contributed by atoms with van der Waals surface area (Å²) in [7, 11) is 3.07. The number of hydrogen-bond donors (Lipinski definition) is 1. The average molecular weight is 431 g/mol. The number of nitrogens with zero attached hydrogens (tertiary/aromatic N) is 1. The van der Waals surface area contributed by atoms with Crippen molar-refractivity contribution in [3.63, 3.8) is 0 Å². The van der Waals surface area contributed by atoms with Crippen molar-refractivity contribution < 1.29 is 23.8 Å². The van der Waals surface area contributed by atoms with Gasteiger partial charge in [0.25, 0.3) is 0 Å². The number of ether oxygens (including phenoxy) is 3. The van der Waals surface area contributed by atoms with Gasteiger partial charge in [0.15, 0.2) is 17.3 Å². The van der Waals surface area contributed by atoms with E-state index in [4.69, 9.17) is 25.8 Å². The SMILES string of the molecule is COc1ccc2c(c1OC)OC1(CCN(C(=O)Nc3ccc(Cl)cc3)CC1)CC2=O. The smallest absolute Gasteiger partial charge is 0.321 e. The molecule has 2 aliphatic rings. The van der Waals surface area contributed by atoms with Crippen LogP contribution in [0.15, 0.2) is 36.4 Å². The molecule has 1 fully saturated rings. The Kier molecular flexibility index (Phi) is 5.47. The van der Waals surface area contributed by atoms with Crippen LogP contribution in [-0.4, -0.2) is 49.6 Å². The summed E-state index contributed by atoms with van der Waals surface area (Å²) < 4.78 is 17.2. The minimum atomic E-state index is -0.652. The number of ketones is 1. The van der Waals surface area contributed by atoms with Gasteiger partial charge in [-0.15, -0.1) is 0 Å². The second kappa shape index (κ2) is 8.07. The van der Waals surface area contributed by atoms with Crippen molar-refractivity contribution in [1.29, 1.82) is 0 Å². The fourth-order valence-electron chi connectivity index (χ4n) is 3.99. The van der Waals surface area contributed by atoms with Crippen molar-refractivity contribution >= 4 is 29.1 Å². The third-order valence-electron chi connectivity index (χ3n) is 5.66. The summed E-state index contributed by atoms with van der Waals surface area (Å²) in [6.45, 7) is 0.961. The van der Waals surface area contributed by atoms with Gasteiger partial charge in [-0.1, -0.05) is 11.6 Å². The highest BCUT2D eigenvalue weighted by atomic mass is 35.5. The van der Waals surface area contributed by atoms with Crippen LogP contribution in [0.1, 0.15) is 29.6 Å². The first-order valence-electron chi connectivity index (χ1n) is 9.73. The molecular weight excluding hydrogens is 408 g/mol. The molecule has 8 heteroatoms. The molecule has 0 bridgehead atoms. The third kappa shape index (κ3) is 3.77. The van der Waals surface area contributed by atoms with Gasteiger partial charge in [-0.05, 0) is 36.4 Å². The zero-order chi connectivity index (χ0) is 21.3. The molecule has 0 atom stereocenters. The van der Waals surface area contributed by atoms with Gasteiger partial charge in [-0.2, -0.15) is 0 Å². The molecule has 7 nitrogen and oxygen atoms in total. The van der Waals surface area contributed by atoms with Gasteiger partial charge in [-0.25, -0.2) is 4.79 Å². The van der Waals surface area contributed by atoms with Crippen LogP contribution in [0.5, 0.6) is 17.2 Å². The van der Waals surface area contributed by atoms with E-state index in [2.05, 4.69) is 5.32 Å². The number of likely N-dealkylation sites (tertiary alicyclic amines) is 1. The molecule has 2 heterocycles. The van der Waals surface area contributed by atoms with Crippen molar-refractivity contribution in [2.24, 2.45) is 0 Å². The first-order chi connectivity index (χ1) is 14.4. The summed E-state index contributed by atoms with van der Waals surface area (Å²) in [5.74, 6) is 1.37. The highest BCUT2D eigenvalue weighted by Gasteiger charge is 2.45. The number of methoxy groups -OCH3 is 2. The summed E-state index contributed by atoms with van der Waals surface area (Å²) in [5.41, 5.74) is 0.529. The summed E-state index contributed by atoms with van der Waals surface area (Å²) in [5, 5.41) is 3.48. The molecule has 30 heavy (non-hydrogen) atoms. The Morgan fingerprint density at radius 2 is 1.80 bits per heavy atom. The second-order valence-corrected chi connectivity index (χ2v) is 7.92.